The molecule has 6 N–H and O–H groups in total. The second-order valence-electron chi connectivity index (χ2n) is 2.00. The molecule has 0 aromatic rings. The first-order chi connectivity index (χ1) is 5.07. The van der Waals surface area contributed by atoms with Gasteiger partial charge in [-0.25, -0.2) is 10.6 Å². The third kappa shape index (κ3) is 4.15. The van der Waals surface area contributed by atoms with Gasteiger partial charge in [0, 0.05) is 6.54 Å². The van der Waals surface area contributed by atoms with Gasteiger partial charge >= 0.3 is 6.03 Å². The molecule has 0 fully saturated rings. The molecule has 0 rings (SSSR count). The Bertz CT molecular complexity index is 166. The molecule has 0 saturated heterocycles. The minimum Gasteiger partial charge on any atom is -0.368 e. The van der Waals surface area contributed by atoms with Crippen LogP contribution in [0, 0.1) is 0 Å². The first kappa shape index (κ1) is 9.70. The molecular weight excluding hydrogens is 146 g/mol. The van der Waals surface area contributed by atoms with E-state index in [1.54, 1.807) is 0 Å². The predicted molar refractivity (Wildman–Crippen MR) is 42.4 cm³/mol. The summed E-state index contributed by atoms with van der Waals surface area (Å²) in [5, 5.41) is 1.17. The van der Waals surface area contributed by atoms with Crippen molar-refractivity contribution >= 4 is 12.0 Å². The van der Waals surface area contributed by atoms with Gasteiger partial charge in [0.05, 0.1) is 0 Å². The van der Waals surface area contributed by atoms with Crippen LogP contribution in [-0.2, 0) is 0 Å². The lowest BCUT2D eigenvalue weighted by Gasteiger charge is -2.14. The van der Waals surface area contributed by atoms with E-state index >= 15 is 0 Å². The zero-order chi connectivity index (χ0) is 8.85. The van der Waals surface area contributed by atoms with Crippen LogP contribution in [0.5, 0.6) is 0 Å². The molecule has 0 aliphatic heterocycles. The Morgan fingerprint density at radius 2 is 2.09 bits per heavy atom. The zero-order valence-corrected chi connectivity index (χ0v) is 6.45. The van der Waals surface area contributed by atoms with Crippen LogP contribution in [0.1, 0.15) is 13.3 Å². The van der Waals surface area contributed by atoms with Gasteiger partial charge in [0.25, 0.3) is 0 Å². The normalized spacial score (nSPS) is 11.3. The van der Waals surface area contributed by atoms with Gasteiger partial charge in [-0.3, -0.25) is 5.01 Å². The molecule has 0 aliphatic carbocycles. The second-order valence-corrected chi connectivity index (χ2v) is 2.00. The number of hydrazine groups is 1. The number of rotatable bonds is 2. The van der Waals surface area contributed by atoms with Crippen molar-refractivity contribution in [3.05, 3.63) is 0 Å². The number of nitrogens with two attached hydrogens (primary N) is 3. The highest BCUT2D eigenvalue weighted by atomic mass is 16.2. The molecule has 0 spiro atoms. The number of guanidine groups is 1. The van der Waals surface area contributed by atoms with Gasteiger partial charge in [-0.05, 0) is 6.42 Å². The van der Waals surface area contributed by atoms with E-state index in [-0.39, 0.29) is 5.96 Å². The Kier molecular flexibility index (Phi) is 3.97. The van der Waals surface area contributed by atoms with Gasteiger partial charge in [0.1, 0.15) is 0 Å². The van der Waals surface area contributed by atoms with E-state index in [0.717, 1.165) is 6.42 Å². The Morgan fingerprint density at radius 3 is 2.45 bits per heavy atom. The summed E-state index contributed by atoms with van der Waals surface area (Å²) in [7, 11) is 0. The van der Waals surface area contributed by atoms with Crippen molar-refractivity contribution in [2.75, 3.05) is 6.54 Å². The molecule has 0 unspecified atom stereocenters. The molecular formula is C5H13N5O. The summed E-state index contributed by atoms with van der Waals surface area (Å²) in [4.78, 5) is 13.4. The lowest BCUT2D eigenvalue weighted by molar-refractivity contribution is 0.256. The monoisotopic (exact) mass is 159 g/mol. The molecule has 0 heterocycles. The van der Waals surface area contributed by atoms with Crippen LogP contribution in [0.3, 0.4) is 0 Å². The lowest BCUT2D eigenvalue weighted by Crippen LogP contribution is -2.43. The summed E-state index contributed by atoms with van der Waals surface area (Å²) < 4.78 is 0. The van der Waals surface area contributed by atoms with Gasteiger partial charge < -0.3 is 11.5 Å². The summed E-state index contributed by atoms with van der Waals surface area (Å²) in [5.74, 6) is 5.29. The summed E-state index contributed by atoms with van der Waals surface area (Å²) in [6.07, 6.45) is 0.825. The summed E-state index contributed by atoms with van der Waals surface area (Å²) >= 11 is 0. The van der Waals surface area contributed by atoms with Crippen molar-refractivity contribution < 1.29 is 4.79 Å². The Balaban J connectivity index is 4.00. The SMILES string of the molecule is CCCN(N)/C(N)=N/C(N)=O. The number of hydrogen-bond donors (Lipinski definition) is 3. The molecule has 2 amide bonds. The number of hydrogen-bond acceptors (Lipinski definition) is 2. The minimum absolute atomic E-state index is 0.0562. The van der Waals surface area contributed by atoms with Gasteiger partial charge in [-0.15, -0.1) is 0 Å². The molecule has 0 aromatic carbocycles. The van der Waals surface area contributed by atoms with Crippen molar-refractivity contribution in [2.45, 2.75) is 13.3 Å². The van der Waals surface area contributed by atoms with Crippen LogP contribution < -0.4 is 17.3 Å². The summed E-state index contributed by atoms with van der Waals surface area (Å²) in [6, 6.07) is -0.839. The van der Waals surface area contributed by atoms with Crippen LogP contribution in [0.4, 0.5) is 4.79 Å². The number of aliphatic imine (C=N–C) groups is 1. The standard InChI is InChI=1S/C5H13N5O/c1-2-3-10(8)4(6)9-5(7)11/h2-3,8H2,1H3,(H4,6,7,9,11). The van der Waals surface area contributed by atoms with Crippen LogP contribution in [0.2, 0.25) is 0 Å². The van der Waals surface area contributed by atoms with Crippen molar-refractivity contribution in [2.24, 2.45) is 22.3 Å². The number of amides is 2. The van der Waals surface area contributed by atoms with E-state index in [4.69, 9.17) is 17.3 Å². The number of primary amides is 1. The number of urea groups is 1. The number of carbonyl (C=O) groups excluding carboxylic acids is 1. The Labute approximate surface area is 65.0 Å². The molecule has 64 valence electrons. The first-order valence-electron chi connectivity index (χ1n) is 3.23. The van der Waals surface area contributed by atoms with E-state index in [1.165, 1.54) is 5.01 Å². The molecule has 6 nitrogen and oxygen atoms in total. The second kappa shape index (κ2) is 4.51. The van der Waals surface area contributed by atoms with E-state index in [9.17, 15) is 4.79 Å². The highest BCUT2D eigenvalue weighted by Crippen LogP contribution is 1.82. The molecule has 0 aliphatic rings. The summed E-state index contributed by atoms with van der Waals surface area (Å²) in [5.41, 5.74) is 9.99. The van der Waals surface area contributed by atoms with Crippen LogP contribution in [-0.4, -0.2) is 23.5 Å². The molecule has 0 atom stereocenters. The van der Waals surface area contributed by atoms with Gasteiger partial charge in [-0.2, -0.15) is 4.99 Å². The molecule has 0 bridgehead atoms. The molecule has 0 radical (unpaired) electrons. The minimum atomic E-state index is -0.839. The Hall–Kier alpha value is -1.30. The average Bonchev–Trinajstić information content (AvgIpc) is 1.86. The molecule has 0 aromatic heterocycles. The van der Waals surface area contributed by atoms with Gasteiger partial charge in [0.2, 0.25) is 5.96 Å². The quantitative estimate of drug-likeness (QED) is 0.207. The highest BCUT2D eigenvalue weighted by Gasteiger charge is 2.00. The third-order valence-corrected chi connectivity index (χ3v) is 0.984. The largest absolute Gasteiger partial charge is 0.368 e. The fourth-order valence-electron chi connectivity index (χ4n) is 0.533. The Morgan fingerprint density at radius 1 is 1.55 bits per heavy atom. The maximum atomic E-state index is 10.2. The van der Waals surface area contributed by atoms with Crippen LogP contribution >= 0.6 is 0 Å². The van der Waals surface area contributed by atoms with Crippen molar-refractivity contribution in [1.29, 1.82) is 0 Å². The number of nitrogens with zero attached hydrogens (tertiary/aromatic N) is 2. The maximum Gasteiger partial charge on any atom is 0.341 e. The van der Waals surface area contributed by atoms with Crippen LogP contribution in [0.25, 0.3) is 0 Å². The fraction of sp³-hybridized carbons (Fsp3) is 0.600. The molecule has 0 saturated carbocycles. The van der Waals surface area contributed by atoms with Gasteiger partial charge in [0.15, 0.2) is 0 Å². The topological polar surface area (TPSA) is 111 Å². The van der Waals surface area contributed by atoms with Crippen molar-refractivity contribution in [3.63, 3.8) is 0 Å². The summed E-state index contributed by atoms with van der Waals surface area (Å²) in [6.45, 7) is 2.47. The predicted octanol–water partition coefficient (Wildman–Crippen LogP) is -1.03. The van der Waals surface area contributed by atoms with Crippen molar-refractivity contribution in [1.82, 2.24) is 5.01 Å². The average molecular weight is 159 g/mol. The van der Waals surface area contributed by atoms with E-state index < -0.39 is 6.03 Å². The van der Waals surface area contributed by atoms with Crippen LogP contribution in [0.15, 0.2) is 4.99 Å². The smallest absolute Gasteiger partial charge is 0.341 e. The fourth-order valence-corrected chi connectivity index (χ4v) is 0.533. The van der Waals surface area contributed by atoms with E-state index in [1.807, 2.05) is 6.92 Å². The third-order valence-electron chi connectivity index (χ3n) is 0.984. The molecule has 11 heavy (non-hydrogen) atoms. The maximum absolute atomic E-state index is 10.2. The number of carbonyl (C=O) groups is 1. The van der Waals surface area contributed by atoms with E-state index in [2.05, 4.69) is 4.99 Å². The van der Waals surface area contributed by atoms with Crippen molar-refractivity contribution in [3.8, 4) is 0 Å². The zero-order valence-electron chi connectivity index (χ0n) is 6.45. The lowest BCUT2D eigenvalue weighted by atomic mass is 10.5. The first-order valence-corrected chi connectivity index (χ1v) is 3.23. The van der Waals surface area contributed by atoms with Gasteiger partial charge in [-0.1, -0.05) is 6.92 Å². The highest BCUT2D eigenvalue weighted by molar-refractivity contribution is 5.90. The molecule has 6 heteroatoms. The van der Waals surface area contributed by atoms with E-state index in [0.29, 0.717) is 6.54 Å².